The molecule has 0 aliphatic carbocycles. The molecule has 28 heavy (non-hydrogen) atoms. The molecule has 2 aliphatic heterocycles. The molecule has 0 spiro atoms. The van der Waals surface area contributed by atoms with E-state index < -0.39 is 0 Å². The topological polar surface area (TPSA) is 73.7 Å². The molecule has 2 aromatic rings. The number of pyridine rings is 1. The molecule has 3 atom stereocenters. The molecular formula is C22H23N3O3. The van der Waals surface area contributed by atoms with E-state index in [1.807, 2.05) is 43.3 Å². The Labute approximate surface area is 164 Å². The summed E-state index contributed by atoms with van der Waals surface area (Å²) in [7, 11) is 0. The van der Waals surface area contributed by atoms with Gasteiger partial charge in [0, 0.05) is 30.4 Å². The molecule has 1 aromatic heterocycles. The number of amides is 2. The molecule has 0 unspecified atom stereocenters. The third-order valence-corrected chi connectivity index (χ3v) is 5.65. The van der Waals surface area contributed by atoms with Crippen LogP contribution in [0.15, 0.2) is 54.9 Å². The summed E-state index contributed by atoms with van der Waals surface area (Å²) in [5, 5.41) is 9.87. The van der Waals surface area contributed by atoms with Crippen molar-refractivity contribution in [2.24, 2.45) is 0 Å². The van der Waals surface area contributed by atoms with Gasteiger partial charge < -0.3 is 14.9 Å². The van der Waals surface area contributed by atoms with E-state index in [0.717, 1.165) is 11.1 Å². The number of allylic oxidation sites excluding steroid dienone is 1. The van der Waals surface area contributed by atoms with Crippen molar-refractivity contribution in [3.63, 3.8) is 0 Å². The van der Waals surface area contributed by atoms with Crippen LogP contribution in [0.4, 0.5) is 0 Å². The van der Waals surface area contributed by atoms with Crippen LogP contribution in [0.25, 0.3) is 6.08 Å². The Bertz CT molecular complexity index is 895. The summed E-state index contributed by atoms with van der Waals surface area (Å²) in [6.45, 7) is 2.40. The molecule has 2 saturated heterocycles. The molecular weight excluding hydrogens is 354 g/mol. The van der Waals surface area contributed by atoms with Crippen molar-refractivity contribution in [2.45, 2.75) is 24.9 Å². The predicted octanol–water partition coefficient (Wildman–Crippen LogP) is 1.93. The highest BCUT2D eigenvalue weighted by atomic mass is 16.3. The average Bonchev–Trinajstić information content (AvgIpc) is 2.71. The van der Waals surface area contributed by atoms with Crippen LogP contribution >= 0.6 is 0 Å². The van der Waals surface area contributed by atoms with Crippen LogP contribution < -0.4 is 0 Å². The first kappa shape index (κ1) is 18.4. The lowest BCUT2D eigenvalue weighted by molar-refractivity contribution is -0.159. The first-order chi connectivity index (χ1) is 13.6. The SMILES string of the molecule is CC=Cc1ccc([C@H]2[C@H](CO)N3C(=O)CN(C(=O)c4ccncc4)C[C@@H]23)cc1. The van der Waals surface area contributed by atoms with Gasteiger partial charge in [0.05, 0.1) is 18.7 Å². The molecule has 0 saturated carbocycles. The van der Waals surface area contributed by atoms with E-state index in [4.69, 9.17) is 0 Å². The molecule has 1 N–H and O–H groups in total. The van der Waals surface area contributed by atoms with Gasteiger partial charge in [0.25, 0.3) is 5.91 Å². The Morgan fingerprint density at radius 3 is 2.57 bits per heavy atom. The summed E-state index contributed by atoms with van der Waals surface area (Å²) in [6.07, 6.45) is 7.16. The number of hydrogen-bond donors (Lipinski definition) is 1. The first-order valence-corrected chi connectivity index (χ1v) is 9.48. The largest absolute Gasteiger partial charge is 0.394 e. The summed E-state index contributed by atoms with van der Waals surface area (Å²) >= 11 is 0. The first-order valence-electron chi connectivity index (χ1n) is 9.48. The number of aliphatic hydroxyl groups excluding tert-OH is 1. The zero-order valence-electron chi connectivity index (χ0n) is 15.7. The summed E-state index contributed by atoms with van der Waals surface area (Å²) < 4.78 is 0. The third-order valence-electron chi connectivity index (χ3n) is 5.65. The lowest BCUT2D eigenvalue weighted by Gasteiger charge is -2.58. The maximum atomic E-state index is 12.8. The normalized spacial score (nSPS) is 24.2. The van der Waals surface area contributed by atoms with E-state index in [2.05, 4.69) is 4.98 Å². The fourth-order valence-corrected chi connectivity index (χ4v) is 4.35. The molecule has 144 valence electrons. The van der Waals surface area contributed by atoms with Crippen LogP contribution in [0, 0.1) is 0 Å². The van der Waals surface area contributed by atoms with Gasteiger partial charge in [-0.1, -0.05) is 36.4 Å². The van der Waals surface area contributed by atoms with E-state index in [0.29, 0.717) is 12.1 Å². The van der Waals surface area contributed by atoms with E-state index in [1.54, 1.807) is 34.3 Å². The quantitative estimate of drug-likeness (QED) is 0.884. The number of rotatable bonds is 4. The van der Waals surface area contributed by atoms with Crippen molar-refractivity contribution in [3.8, 4) is 0 Å². The van der Waals surface area contributed by atoms with Crippen molar-refractivity contribution >= 4 is 17.9 Å². The number of hydrogen-bond acceptors (Lipinski definition) is 4. The lowest BCUT2D eigenvalue weighted by atomic mass is 9.73. The van der Waals surface area contributed by atoms with Crippen LogP contribution in [-0.4, -0.2) is 63.5 Å². The van der Waals surface area contributed by atoms with E-state index in [1.165, 1.54) is 0 Å². The Morgan fingerprint density at radius 2 is 1.93 bits per heavy atom. The predicted molar refractivity (Wildman–Crippen MR) is 106 cm³/mol. The molecule has 2 fully saturated rings. The zero-order valence-corrected chi connectivity index (χ0v) is 15.7. The second-order valence-electron chi connectivity index (χ2n) is 7.23. The number of nitrogens with zero attached hydrogens (tertiary/aromatic N) is 3. The minimum atomic E-state index is -0.233. The summed E-state index contributed by atoms with van der Waals surface area (Å²) in [5.74, 6) is -0.258. The van der Waals surface area contributed by atoms with Gasteiger partial charge in [-0.3, -0.25) is 14.6 Å². The second kappa shape index (κ2) is 7.56. The van der Waals surface area contributed by atoms with E-state index >= 15 is 0 Å². The van der Waals surface area contributed by atoms with Gasteiger partial charge in [-0.05, 0) is 30.2 Å². The smallest absolute Gasteiger partial charge is 0.254 e. The van der Waals surface area contributed by atoms with E-state index in [-0.39, 0.29) is 43.0 Å². The van der Waals surface area contributed by atoms with Crippen LogP contribution in [0.5, 0.6) is 0 Å². The minimum Gasteiger partial charge on any atom is -0.394 e. The van der Waals surface area contributed by atoms with Crippen LogP contribution in [0.2, 0.25) is 0 Å². The molecule has 4 rings (SSSR count). The standard InChI is InChI=1S/C22H23N3O3/c1-2-3-15-4-6-16(7-5-15)21-18-12-24(13-20(27)25(18)19(21)14-26)22(28)17-8-10-23-11-9-17/h2-11,18-19,21,26H,12-14H2,1H3/t18-,19-,21+/m0/s1. The van der Waals surface area contributed by atoms with Crippen LogP contribution in [-0.2, 0) is 4.79 Å². The zero-order chi connectivity index (χ0) is 19.7. The molecule has 3 heterocycles. The fraction of sp³-hybridized carbons (Fsp3) is 0.318. The summed E-state index contributed by atoms with van der Waals surface area (Å²) in [4.78, 5) is 32.8. The van der Waals surface area contributed by atoms with Crippen LogP contribution in [0.3, 0.4) is 0 Å². The van der Waals surface area contributed by atoms with Gasteiger partial charge in [0.2, 0.25) is 5.91 Å². The Hall–Kier alpha value is -2.99. The van der Waals surface area contributed by atoms with Gasteiger partial charge in [0.1, 0.15) is 6.54 Å². The number of benzene rings is 1. The highest BCUT2D eigenvalue weighted by Crippen LogP contribution is 2.43. The highest BCUT2D eigenvalue weighted by molar-refractivity contribution is 5.97. The van der Waals surface area contributed by atoms with Gasteiger partial charge in [-0.15, -0.1) is 0 Å². The minimum absolute atomic E-state index is 0.0154. The lowest BCUT2D eigenvalue weighted by Crippen LogP contribution is -2.73. The molecule has 0 radical (unpaired) electrons. The molecule has 2 aliphatic rings. The summed E-state index contributed by atoms with van der Waals surface area (Å²) in [6, 6.07) is 11.2. The number of aromatic nitrogens is 1. The van der Waals surface area contributed by atoms with Gasteiger partial charge in [-0.2, -0.15) is 0 Å². The molecule has 6 nitrogen and oxygen atoms in total. The van der Waals surface area contributed by atoms with Crippen molar-refractivity contribution in [1.29, 1.82) is 0 Å². The molecule has 2 amide bonds. The number of aliphatic hydroxyl groups is 1. The molecule has 1 aromatic carbocycles. The van der Waals surface area contributed by atoms with Crippen molar-refractivity contribution in [1.82, 2.24) is 14.8 Å². The number of piperazine rings is 1. The van der Waals surface area contributed by atoms with Crippen molar-refractivity contribution < 1.29 is 14.7 Å². The van der Waals surface area contributed by atoms with Gasteiger partial charge in [0.15, 0.2) is 0 Å². The monoisotopic (exact) mass is 377 g/mol. The third kappa shape index (κ3) is 3.10. The summed E-state index contributed by atoms with van der Waals surface area (Å²) in [5.41, 5.74) is 2.72. The van der Waals surface area contributed by atoms with Crippen LogP contribution in [0.1, 0.15) is 34.3 Å². The van der Waals surface area contributed by atoms with Crippen molar-refractivity contribution in [3.05, 3.63) is 71.6 Å². The molecule has 0 bridgehead atoms. The van der Waals surface area contributed by atoms with Gasteiger partial charge >= 0.3 is 0 Å². The number of carbonyl (C=O) groups is 2. The maximum absolute atomic E-state index is 12.8. The maximum Gasteiger partial charge on any atom is 0.254 e. The molecule has 6 heteroatoms. The Morgan fingerprint density at radius 1 is 1.21 bits per heavy atom. The second-order valence-corrected chi connectivity index (χ2v) is 7.23. The van der Waals surface area contributed by atoms with Crippen molar-refractivity contribution in [2.75, 3.05) is 19.7 Å². The number of fused-ring (bicyclic) bond motifs is 1. The Balaban J connectivity index is 1.58. The van der Waals surface area contributed by atoms with Gasteiger partial charge in [-0.25, -0.2) is 0 Å². The average molecular weight is 377 g/mol. The number of carbonyl (C=O) groups excluding carboxylic acids is 2. The fourth-order valence-electron chi connectivity index (χ4n) is 4.35. The van der Waals surface area contributed by atoms with E-state index in [9.17, 15) is 14.7 Å². The highest BCUT2D eigenvalue weighted by Gasteiger charge is 2.54. The Kier molecular flexibility index (Phi) is 4.96.